The van der Waals surface area contributed by atoms with Gasteiger partial charge in [-0.05, 0) is 18.2 Å². The smallest absolute Gasteiger partial charge is 0.224 e. The lowest BCUT2D eigenvalue weighted by Gasteiger charge is -2.08. The Labute approximate surface area is 110 Å². The molecule has 2 aromatic rings. The summed E-state index contributed by atoms with van der Waals surface area (Å²) in [6, 6.07) is 3.76. The molecule has 1 aromatic carbocycles. The number of anilines is 1. The van der Waals surface area contributed by atoms with Gasteiger partial charge in [0, 0.05) is 37.6 Å². The van der Waals surface area contributed by atoms with E-state index in [9.17, 15) is 8.78 Å². The van der Waals surface area contributed by atoms with Crippen LogP contribution in [0.25, 0.3) is 12.2 Å². The first kappa shape index (κ1) is 13.1. The van der Waals surface area contributed by atoms with Crippen molar-refractivity contribution in [3.63, 3.8) is 0 Å². The van der Waals surface area contributed by atoms with Crippen molar-refractivity contribution in [2.24, 2.45) is 0 Å². The second-order valence-electron chi connectivity index (χ2n) is 4.18. The molecule has 2 rings (SSSR count). The van der Waals surface area contributed by atoms with Crippen LogP contribution in [0.2, 0.25) is 0 Å². The summed E-state index contributed by atoms with van der Waals surface area (Å²) in [5, 5.41) is 0. The van der Waals surface area contributed by atoms with Crippen LogP contribution in [0.15, 0.2) is 30.6 Å². The Bertz CT molecular complexity index is 572. The Balaban J connectivity index is 2.23. The van der Waals surface area contributed by atoms with Gasteiger partial charge in [0.2, 0.25) is 5.95 Å². The third-order valence-electron chi connectivity index (χ3n) is 2.50. The van der Waals surface area contributed by atoms with Crippen molar-refractivity contribution in [3.05, 3.63) is 53.4 Å². The molecule has 0 bridgehead atoms. The molecule has 0 spiro atoms. The molecule has 0 atom stereocenters. The van der Waals surface area contributed by atoms with Gasteiger partial charge in [0.25, 0.3) is 0 Å². The van der Waals surface area contributed by atoms with Crippen LogP contribution in [0.3, 0.4) is 0 Å². The maximum Gasteiger partial charge on any atom is 0.224 e. The molecule has 0 radical (unpaired) electrons. The molecule has 5 heteroatoms. The van der Waals surface area contributed by atoms with Crippen LogP contribution >= 0.6 is 0 Å². The number of hydrogen-bond donors (Lipinski definition) is 0. The van der Waals surface area contributed by atoms with Gasteiger partial charge in [-0.2, -0.15) is 0 Å². The summed E-state index contributed by atoms with van der Waals surface area (Å²) in [5.74, 6) is -0.613. The van der Waals surface area contributed by atoms with Crippen LogP contribution in [0.5, 0.6) is 0 Å². The molecular formula is C14H13F2N3. The average molecular weight is 261 g/mol. The second kappa shape index (κ2) is 5.56. The second-order valence-corrected chi connectivity index (χ2v) is 4.18. The quantitative estimate of drug-likeness (QED) is 0.850. The first-order valence-electron chi connectivity index (χ1n) is 5.69. The van der Waals surface area contributed by atoms with Crippen molar-refractivity contribution >= 4 is 18.1 Å². The van der Waals surface area contributed by atoms with Gasteiger partial charge in [0.05, 0.1) is 0 Å². The van der Waals surface area contributed by atoms with E-state index in [1.54, 1.807) is 23.4 Å². The summed E-state index contributed by atoms with van der Waals surface area (Å²) in [7, 11) is 3.67. The number of hydrogen-bond acceptors (Lipinski definition) is 3. The lowest BCUT2D eigenvalue weighted by atomic mass is 10.1. The third kappa shape index (κ3) is 3.13. The fourth-order valence-electron chi connectivity index (χ4n) is 1.50. The Morgan fingerprint density at radius 1 is 1.00 bits per heavy atom. The van der Waals surface area contributed by atoms with Crippen molar-refractivity contribution < 1.29 is 8.78 Å². The van der Waals surface area contributed by atoms with E-state index in [1.165, 1.54) is 24.3 Å². The number of nitrogens with zero attached hydrogens (tertiary/aromatic N) is 3. The van der Waals surface area contributed by atoms with Crippen LogP contribution in [-0.4, -0.2) is 24.1 Å². The molecule has 1 heterocycles. The van der Waals surface area contributed by atoms with E-state index >= 15 is 0 Å². The number of rotatable bonds is 3. The molecule has 0 amide bonds. The normalized spacial score (nSPS) is 10.9. The Morgan fingerprint density at radius 2 is 1.58 bits per heavy atom. The molecule has 0 N–H and O–H groups in total. The lowest BCUT2D eigenvalue weighted by molar-refractivity contribution is 0.579. The molecular weight excluding hydrogens is 248 g/mol. The van der Waals surface area contributed by atoms with Gasteiger partial charge in [-0.1, -0.05) is 12.1 Å². The van der Waals surface area contributed by atoms with Crippen LogP contribution in [0.4, 0.5) is 14.7 Å². The number of aromatic nitrogens is 2. The average Bonchev–Trinajstić information content (AvgIpc) is 2.38. The van der Waals surface area contributed by atoms with Crippen LogP contribution in [0, 0.1) is 11.6 Å². The summed E-state index contributed by atoms with van der Waals surface area (Å²) in [4.78, 5) is 9.99. The van der Waals surface area contributed by atoms with Gasteiger partial charge < -0.3 is 4.90 Å². The summed E-state index contributed by atoms with van der Waals surface area (Å²) >= 11 is 0. The predicted octanol–water partition coefficient (Wildman–Crippen LogP) is 2.99. The summed E-state index contributed by atoms with van der Waals surface area (Å²) in [5.41, 5.74) is 0.604. The summed E-state index contributed by atoms with van der Waals surface area (Å²) < 4.78 is 26.8. The third-order valence-corrected chi connectivity index (χ3v) is 2.50. The standard InChI is InChI=1S/C14H13F2N3/c1-19(2)14-17-8-10(9-18-14)6-7-11-12(15)4-3-5-13(11)16/h3-9H,1-2H3/b7-6+. The highest BCUT2D eigenvalue weighted by Crippen LogP contribution is 2.15. The minimum Gasteiger partial charge on any atom is -0.347 e. The van der Waals surface area contributed by atoms with E-state index in [0.717, 1.165) is 0 Å². The molecule has 0 aliphatic heterocycles. The highest BCUT2D eigenvalue weighted by molar-refractivity contribution is 5.69. The highest BCUT2D eigenvalue weighted by atomic mass is 19.1. The lowest BCUT2D eigenvalue weighted by Crippen LogP contribution is -2.12. The number of halogens is 2. The SMILES string of the molecule is CN(C)c1ncc(/C=C/c2c(F)cccc2F)cn1. The van der Waals surface area contributed by atoms with Crippen molar-refractivity contribution in [1.29, 1.82) is 0 Å². The molecule has 98 valence electrons. The van der Waals surface area contributed by atoms with Crippen molar-refractivity contribution in [1.82, 2.24) is 9.97 Å². The zero-order valence-electron chi connectivity index (χ0n) is 10.6. The van der Waals surface area contributed by atoms with Gasteiger partial charge in [-0.25, -0.2) is 18.7 Å². The van der Waals surface area contributed by atoms with E-state index in [2.05, 4.69) is 9.97 Å². The minimum atomic E-state index is -0.595. The van der Waals surface area contributed by atoms with Crippen molar-refractivity contribution in [2.75, 3.05) is 19.0 Å². The molecule has 1 aromatic heterocycles. The monoisotopic (exact) mass is 261 g/mol. The largest absolute Gasteiger partial charge is 0.347 e. The Kier molecular flexibility index (Phi) is 3.85. The topological polar surface area (TPSA) is 29.0 Å². The van der Waals surface area contributed by atoms with Crippen LogP contribution < -0.4 is 4.90 Å². The van der Waals surface area contributed by atoms with E-state index in [-0.39, 0.29) is 5.56 Å². The summed E-state index contributed by atoms with van der Waals surface area (Å²) in [6.07, 6.45) is 6.13. The molecule has 0 saturated heterocycles. The molecule has 0 unspecified atom stereocenters. The zero-order chi connectivity index (χ0) is 13.8. The van der Waals surface area contributed by atoms with E-state index in [4.69, 9.17) is 0 Å². The summed E-state index contributed by atoms with van der Waals surface area (Å²) in [6.45, 7) is 0. The van der Waals surface area contributed by atoms with Crippen LogP contribution in [-0.2, 0) is 0 Å². The maximum absolute atomic E-state index is 13.4. The maximum atomic E-state index is 13.4. The molecule has 0 saturated carbocycles. The fourth-order valence-corrected chi connectivity index (χ4v) is 1.50. The fraction of sp³-hybridized carbons (Fsp3) is 0.143. The van der Waals surface area contributed by atoms with E-state index in [0.29, 0.717) is 11.5 Å². The minimum absolute atomic E-state index is 0.0702. The van der Waals surface area contributed by atoms with Gasteiger partial charge in [-0.3, -0.25) is 0 Å². The highest BCUT2D eigenvalue weighted by Gasteiger charge is 2.04. The zero-order valence-corrected chi connectivity index (χ0v) is 10.6. The van der Waals surface area contributed by atoms with Gasteiger partial charge in [-0.15, -0.1) is 0 Å². The van der Waals surface area contributed by atoms with Crippen molar-refractivity contribution in [2.45, 2.75) is 0 Å². The van der Waals surface area contributed by atoms with Crippen LogP contribution in [0.1, 0.15) is 11.1 Å². The Hall–Kier alpha value is -2.30. The van der Waals surface area contributed by atoms with Gasteiger partial charge >= 0.3 is 0 Å². The first-order valence-corrected chi connectivity index (χ1v) is 5.69. The predicted molar refractivity (Wildman–Crippen MR) is 71.6 cm³/mol. The van der Waals surface area contributed by atoms with E-state index < -0.39 is 11.6 Å². The molecule has 19 heavy (non-hydrogen) atoms. The molecule has 0 aliphatic carbocycles. The van der Waals surface area contributed by atoms with Gasteiger partial charge in [0.15, 0.2) is 0 Å². The van der Waals surface area contributed by atoms with E-state index in [1.807, 2.05) is 14.1 Å². The Morgan fingerprint density at radius 3 is 2.11 bits per heavy atom. The van der Waals surface area contributed by atoms with Crippen molar-refractivity contribution in [3.8, 4) is 0 Å². The molecule has 0 aliphatic rings. The first-order chi connectivity index (χ1) is 9.08. The molecule has 3 nitrogen and oxygen atoms in total. The number of benzene rings is 1. The molecule has 0 fully saturated rings. The van der Waals surface area contributed by atoms with Gasteiger partial charge in [0.1, 0.15) is 11.6 Å².